The highest BCUT2D eigenvalue weighted by atomic mass is 32.2. The summed E-state index contributed by atoms with van der Waals surface area (Å²) in [7, 11) is -3.36. The summed E-state index contributed by atoms with van der Waals surface area (Å²) in [6.45, 7) is 3.64. The van der Waals surface area contributed by atoms with Gasteiger partial charge in [0, 0.05) is 18.6 Å². The predicted molar refractivity (Wildman–Crippen MR) is 79.8 cm³/mol. The molecule has 0 aliphatic carbocycles. The van der Waals surface area contributed by atoms with Gasteiger partial charge >= 0.3 is 0 Å². The van der Waals surface area contributed by atoms with Crippen LogP contribution < -0.4 is 5.32 Å². The van der Waals surface area contributed by atoms with Gasteiger partial charge in [-0.2, -0.15) is 9.57 Å². The minimum atomic E-state index is -3.36. The molecular formula is C15H19N3O2S. The van der Waals surface area contributed by atoms with E-state index < -0.39 is 10.0 Å². The molecule has 1 aromatic rings. The molecule has 0 spiro atoms. The third kappa shape index (κ3) is 2.69. The Hall–Kier alpha value is -1.42. The summed E-state index contributed by atoms with van der Waals surface area (Å²) in [5.41, 5.74) is 1.17. The number of rotatable bonds is 3. The van der Waals surface area contributed by atoms with Gasteiger partial charge in [0.25, 0.3) is 0 Å². The lowest BCUT2D eigenvalue weighted by atomic mass is 10.0. The molecule has 0 bridgehead atoms. The summed E-state index contributed by atoms with van der Waals surface area (Å²) in [4.78, 5) is 0. The number of benzene rings is 1. The van der Waals surface area contributed by atoms with Crippen molar-refractivity contribution in [2.75, 3.05) is 13.1 Å². The second-order valence-corrected chi connectivity index (χ2v) is 7.84. The monoisotopic (exact) mass is 305 g/mol. The third-order valence-electron chi connectivity index (χ3n) is 4.44. The van der Waals surface area contributed by atoms with Gasteiger partial charge in [0.15, 0.2) is 0 Å². The van der Waals surface area contributed by atoms with Crippen molar-refractivity contribution in [3.63, 3.8) is 0 Å². The Morgan fingerprint density at radius 1 is 1.43 bits per heavy atom. The lowest BCUT2D eigenvalue weighted by molar-refractivity contribution is 0.335. The fourth-order valence-corrected chi connectivity index (χ4v) is 5.67. The third-order valence-corrected chi connectivity index (χ3v) is 6.41. The molecule has 1 N–H and O–H groups in total. The zero-order chi connectivity index (χ0) is 15.0. The molecule has 0 aromatic heterocycles. The topological polar surface area (TPSA) is 73.2 Å². The van der Waals surface area contributed by atoms with E-state index in [9.17, 15) is 8.42 Å². The number of fused-ring (bicyclic) bond motifs is 1. The van der Waals surface area contributed by atoms with E-state index in [1.165, 1.54) is 0 Å². The van der Waals surface area contributed by atoms with Crippen molar-refractivity contribution in [2.45, 2.75) is 31.2 Å². The Morgan fingerprint density at radius 3 is 3.00 bits per heavy atom. The molecule has 5 nitrogen and oxygen atoms in total. The van der Waals surface area contributed by atoms with Crippen LogP contribution in [0.5, 0.6) is 0 Å². The zero-order valence-electron chi connectivity index (χ0n) is 12.0. The fraction of sp³-hybridized carbons (Fsp3) is 0.533. The summed E-state index contributed by atoms with van der Waals surface area (Å²) >= 11 is 0. The number of nitriles is 1. The minimum absolute atomic E-state index is 0.0317. The number of nitrogens with one attached hydrogen (secondary N) is 1. The molecule has 3 unspecified atom stereocenters. The SMILES string of the molecule is CC1CC2CNCC2N1S(=O)(=O)Cc1cccc(C#N)c1. The molecule has 6 heteroatoms. The molecule has 2 fully saturated rings. The van der Waals surface area contributed by atoms with Gasteiger partial charge in [-0.15, -0.1) is 0 Å². The van der Waals surface area contributed by atoms with Crippen molar-refractivity contribution in [3.05, 3.63) is 35.4 Å². The molecule has 2 saturated heterocycles. The second kappa shape index (κ2) is 5.41. The van der Waals surface area contributed by atoms with Crippen molar-refractivity contribution in [1.29, 1.82) is 5.26 Å². The first-order chi connectivity index (χ1) is 10.0. The Kier molecular flexibility index (Phi) is 3.74. The quantitative estimate of drug-likeness (QED) is 0.906. The molecule has 3 rings (SSSR count). The van der Waals surface area contributed by atoms with E-state index in [1.807, 2.05) is 6.92 Å². The maximum absolute atomic E-state index is 12.8. The first-order valence-electron chi connectivity index (χ1n) is 7.22. The summed E-state index contributed by atoms with van der Waals surface area (Å²) < 4.78 is 27.2. The van der Waals surface area contributed by atoms with E-state index in [0.717, 1.165) is 19.5 Å². The molecule has 0 amide bonds. The van der Waals surface area contributed by atoms with E-state index in [-0.39, 0.29) is 17.8 Å². The number of sulfonamides is 1. The van der Waals surface area contributed by atoms with Crippen LogP contribution in [0.25, 0.3) is 0 Å². The van der Waals surface area contributed by atoms with Gasteiger partial charge in [-0.05, 0) is 43.5 Å². The van der Waals surface area contributed by atoms with E-state index >= 15 is 0 Å². The van der Waals surface area contributed by atoms with Crippen molar-refractivity contribution >= 4 is 10.0 Å². The van der Waals surface area contributed by atoms with E-state index in [0.29, 0.717) is 17.0 Å². The zero-order valence-corrected chi connectivity index (χ0v) is 12.8. The van der Waals surface area contributed by atoms with Crippen molar-refractivity contribution in [2.24, 2.45) is 5.92 Å². The molecule has 0 radical (unpaired) electrons. The number of hydrogen-bond acceptors (Lipinski definition) is 4. The lowest BCUT2D eigenvalue weighted by Gasteiger charge is -2.26. The summed E-state index contributed by atoms with van der Waals surface area (Å²) in [5.74, 6) is 0.399. The van der Waals surface area contributed by atoms with Crippen molar-refractivity contribution in [3.8, 4) is 6.07 Å². The Morgan fingerprint density at radius 2 is 2.24 bits per heavy atom. The Balaban J connectivity index is 1.85. The summed E-state index contributed by atoms with van der Waals surface area (Å²) in [5, 5.41) is 12.2. The Bertz CT molecular complexity index is 680. The van der Waals surface area contributed by atoms with Crippen LogP contribution in [0.2, 0.25) is 0 Å². The van der Waals surface area contributed by atoms with Crippen LogP contribution >= 0.6 is 0 Å². The highest BCUT2D eigenvalue weighted by molar-refractivity contribution is 7.88. The standard InChI is InChI=1S/C15H19N3O2S/c1-11-5-14-8-17-9-15(14)18(11)21(19,20)10-13-4-2-3-12(6-13)7-16/h2-4,6,11,14-15,17H,5,8-10H2,1H3. The van der Waals surface area contributed by atoms with Crippen LogP contribution in [0.3, 0.4) is 0 Å². The van der Waals surface area contributed by atoms with Crippen molar-refractivity contribution in [1.82, 2.24) is 9.62 Å². The molecule has 2 aliphatic rings. The predicted octanol–water partition coefficient (Wildman–Crippen LogP) is 1.07. The summed E-state index contributed by atoms with van der Waals surface area (Å²) in [6.07, 6.45) is 0.926. The lowest BCUT2D eigenvalue weighted by Crippen LogP contribution is -2.43. The molecular weight excluding hydrogens is 286 g/mol. The Labute approximate surface area is 125 Å². The van der Waals surface area contributed by atoms with Gasteiger partial charge in [0.05, 0.1) is 17.4 Å². The molecule has 3 atom stereocenters. The van der Waals surface area contributed by atoms with E-state index in [1.54, 1.807) is 28.6 Å². The van der Waals surface area contributed by atoms with Crippen LogP contribution in [-0.2, 0) is 15.8 Å². The number of hydrogen-bond donors (Lipinski definition) is 1. The molecule has 1 aromatic carbocycles. The van der Waals surface area contributed by atoms with Crippen molar-refractivity contribution < 1.29 is 8.42 Å². The van der Waals surface area contributed by atoms with E-state index in [4.69, 9.17) is 5.26 Å². The van der Waals surface area contributed by atoms with Gasteiger partial charge in [-0.25, -0.2) is 8.42 Å². The van der Waals surface area contributed by atoms with Gasteiger partial charge in [-0.1, -0.05) is 12.1 Å². The smallest absolute Gasteiger partial charge is 0.218 e. The molecule has 2 heterocycles. The minimum Gasteiger partial charge on any atom is -0.315 e. The highest BCUT2D eigenvalue weighted by Gasteiger charge is 2.47. The second-order valence-electron chi connectivity index (χ2n) is 5.97. The molecule has 0 saturated carbocycles. The summed E-state index contributed by atoms with van der Waals surface area (Å²) in [6, 6.07) is 9.04. The van der Waals surface area contributed by atoms with Crippen LogP contribution in [0, 0.1) is 17.2 Å². The first kappa shape index (κ1) is 14.5. The van der Waals surface area contributed by atoms with E-state index in [2.05, 4.69) is 11.4 Å². The average Bonchev–Trinajstić information content (AvgIpc) is 2.97. The maximum Gasteiger partial charge on any atom is 0.218 e. The van der Waals surface area contributed by atoms with Gasteiger partial charge in [0.2, 0.25) is 10.0 Å². The molecule has 2 aliphatic heterocycles. The van der Waals surface area contributed by atoms with Gasteiger partial charge < -0.3 is 5.32 Å². The number of nitrogens with zero attached hydrogens (tertiary/aromatic N) is 2. The largest absolute Gasteiger partial charge is 0.315 e. The van der Waals surface area contributed by atoms with Gasteiger partial charge in [-0.3, -0.25) is 0 Å². The van der Waals surface area contributed by atoms with Crippen LogP contribution in [0.4, 0.5) is 0 Å². The highest BCUT2D eigenvalue weighted by Crippen LogP contribution is 2.35. The molecule has 21 heavy (non-hydrogen) atoms. The van der Waals surface area contributed by atoms with Crippen LogP contribution in [-0.4, -0.2) is 37.9 Å². The maximum atomic E-state index is 12.8. The normalized spacial score (nSPS) is 29.2. The van der Waals surface area contributed by atoms with Gasteiger partial charge in [0.1, 0.15) is 0 Å². The molecule has 112 valence electrons. The van der Waals surface area contributed by atoms with Crippen LogP contribution in [0.1, 0.15) is 24.5 Å². The average molecular weight is 305 g/mol. The first-order valence-corrected chi connectivity index (χ1v) is 8.83. The van der Waals surface area contributed by atoms with Crippen LogP contribution in [0.15, 0.2) is 24.3 Å². The fourth-order valence-electron chi connectivity index (χ4n) is 3.62.